The fraction of sp³-hybridized carbons (Fsp3) is 0.414. The van der Waals surface area contributed by atoms with E-state index in [2.05, 4.69) is 102 Å². The van der Waals surface area contributed by atoms with Crippen molar-refractivity contribution in [1.82, 2.24) is 39.4 Å². The standard InChI is InChI=1S/C37H42N4O3.C21H30N4O2/c42-37(34-15-19-39(20-16-34)26-30-13-17-38-18-14-30)41-23-21-40(22-24-41)27-33-11-12-35(43-28-31-7-3-1-4-8-31)36(25-33)44-29-32-9-5-2-6-10-32;1-2-18(17-26)15-24-11-13-25(14-12-24)21(27)20-5-9-23(10-6-20)16-19-3-7-22-8-4-19/h1-14,17-18,25,34H,15-16,19-24,26-29H2;2-4,7-8,17,20,26H,1,5-6,9-16H2/b;18-17+. The number of ether oxygens (including phenoxy) is 2. The maximum Gasteiger partial charge on any atom is 0.225 e. The van der Waals surface area contributed by atoms with Gasteiger partial charge in [0.2, 0.25) is 11.8 Å². The van der Waals surface area contributed by atoms with Gasteiger partial charge in [0.05, 0.1) is 6.26 Å². The molecule has 9 rings (SSSR count). The number of nitrogens with zero attached hydrogens (tertiary/aromatic N) is 8. The Bertz CT molecular complexity index is 2410. The fourth-order valence-corrected chi connectivity index (χ4v) is 9.97. The lowest BCUT2D eigenvalue weighted by molar-refractivity contribution is -0.139. The zero-order valence-electron chi connectivity index (χ0n) is 41.4. The molecule has 1 N–H and O–H groups in total. The van der Waals surface area contributed by atoms with Crippen LogP contribution in [0.5, 0.6) is 11.5 Å². The second kappa shape index (κ2) is 26.7. The number of rotatable bonds is 17. The van der Waals surface area contributed by atoms with E-state index in [9.17, 15) is 9.59 Å². The summed E-state index contributed by atoms with van der Waals surface area (Å²) in [4.78, 5) is 48.1. The van der Waals surface area contributed by atoms with E-state index in [0.29, 0.717) is 31.6 Å². The lowest BCUT2D eigenvalue weighted by Gasteiger charge is -2.38. The molecule has 0 bridgehead atoms. The Balaban J connectivity index is 0.000000214. The summed E-state index contributed by atoms with van der Waals surface area (Å²) in [5.74, 6) is 2.46. The van der Waals surface area contributed by atoms with Crippen LogP contribution in [0.25, 0.3) is 0 Å². The molecule has 0 atom stereocenters. The summed E-state index contributed by atoms with van der Waals surface area (Å²) in [5.41, 5.74) is 6.80. The number of benzene rings is 3. The van der Waals surface area contributed by atoms with Crippen LogP contribution in [0.4, 0.5) is 0 Å². The number of aromatic nitrogens is 2. The number of aliphatic hydroxyl groups is 1. The van der Waals surface area contributed by atoms with Gasteiger partial charge < -0.3 is 24.4 Å². The highest BCUT2D eigenvalue weighted by atomic mass is 16.5. The van der Waals surface area contributed by atoms with Crippen molar-refractivity contribution in [3.8, 4) is 11.5 Å². The summed E-state index contributed by atoms with van der Waals surface area (Å²) >= 11 is 0. The number of likely N-dealkylation sites (tertiary alicyclic amines) is 2. The average Bonchev–Trinajstić information content (AvgIpc) is 3.43. The number of piperidine rings is 2. The lowest BCUT2D eigenvalue weighted by atomic mass is 9.94. The summed E-state index contributed by atoms with van der Waals surface area (Å²) in [6.45, 7) is 18.5. The quantitative estimate of drug-likeness (QED) is 0.0726. The second-order valence-corrected chi connectivity index (χ2v) is 19.3. The predicted octanol–water partition coefficient (Wildman–Crippen LogP) is 7.86. The van der Waals surface area contributed by atoms with E-state index in [4.69, 9.17) is 14.6 Å². The number of pyridine rings is 2. The van der Waals surface area contributed by atoms with Crippen molar-refractivity contribution in [2.24, 2.45) is 11.8 Å². The Morgan fingerprint density at radius 2 is 0.930 bits per heavy atom. The number of hydrogen-bond donors (Lipinski definition) is 1. The molecule has 13 nitrogen and oxygen atoms in total. The van der Waals surface area contributed by atoms with Crippen molar-refractivity contribution in [1.29, 1.82) is 0 Å². The van der Waals surface area contributed by atoms with E-state index in [1.165, 1.54) is 16.7 Å². The van der Waals surface area contributed by atoms with Gasteiger partial charge >= 0.3 is 0 Å². The van der Waals surface area contributed by atoms with Crippen LogP contribution in [-0.2, 0) is 42.4 Å². The topological polar surface area (TPSA) is 118 Å². The van der Waals surface area contributed by atoms with Gasteiger partial charge in [-0.15, -0.1) is 0 Å². The highest BCUT2D eigenvalue weighted by Gasteiger charge is 2.32. The first-order valence-electron chi connectivity index (χ1n) is 25.6. The maximum atomic E-state index is 13.4. The third kappa shape index (κ3) is 15.6. The summed E-state index contributed by atoms with van der Waals surface area (Å²) in [7, 11) is 0. The molecule has 4 saturated heterocycles. The predicted molar refractivity (Wildman–Crippen MR) is 278 cm³/mol. The molecule has 0 aliphatic carbocycles. The first kappa shape index (κ1) is 51.0. The van der Waals surface area contributed by atoms with Gasteiger partial charge in [0, 0.05) is 115 Å². The number of carbonyl (C=O) groups excluding carboxylic acids is 2. The van der Waals surface area contributed by atoms with E-state index < -0.39 is 0 Å². The van der Waals surface area contributed by atoms with Crippen LogP contribution in [-0.4, -0.2) is 141 Å². The molecule has 4 aliphatic rings. The van der Waals surface area contributed by atoms with Crippen LogP contribution in [0, 0.1) is 11.8 Å². The molecule has 4 fully saturated rings. The number of piperazine rings is 2. The Morgan fingerprint density at radius 3 is 1.38 bits per heavy atom. The molecule has 2 amide bonds. The van der Waals surface area contributed by atoms with Gasteiger partial charge in [0.15, 0.2) is 11.5 Å². The minimum atomic E-state index is 0.142. The van der Waals surface area contributed by atoms with Crippen molar-refractivity contribution in [3.05, 3.63) is 180 Å². The zero-order valence-corrected chi connectivity index (χ0v) is 41.4. The van der Waals surface area contributed by atoms with Crippen LogP contribution in [0.2, 0.25) is 0 Å². The Morgan fingerprint density at radius 1 is 0.507 bits per heavy atom. The molecule has 374 valence electrons. The van der Waals surface area contributed by atoms with Crippen LogP contribution >= 0.6 is 0 Å². The molecule has 0 spiro atoms. The van der Waals surface area contributed by atoms with Gasteiger partial charge in [-0.1, -0.05) is 79.4 Å². The summed E-state index contributed by atoms with van der Waals surface area (Å²) in [5, 5.41) is 9.15. The Kier molecular flexibility index (Phi) is 19.2. The maximum absolute atomic E-state index is 13.4. The molecule has 0 saturated carbocycles. The van der Waals surface area contributed by atoms with Gasteiger partial charge in [-0.05, 0) is 122 Å². The summed E-state index contributed by atoms with van der Waals surface area (Å²) in [6.07, 6.45) is 13.9. The highest BCUT2D eigenvalue weighted by molar-refractivity contribution is 5.79. The highest BCUT2D eigenvalue weighted by Crippen LogP contribution is 2.31. The van der Waals surface area contributed by atoms with E-state index in [1.54, 1.807) is 6.08 Å². The van der Waals surface area contributed by atoms with Crippen LogP contribution in [0.1, 0.15) is 53.5 Å². The summed E-state index contributed by atoms with van der Waals surface area (Å²) in [6, 6.07) is 34.9. The molecular formula is C58H72N8O5. The molecule has 0 radical (unpaired) electrons. The first-order chi connectivity index (χ1) is 34.9. The van der Waals surface area contributed by atoms with Crippen LogP contribution in [0.15, 0.2) is 152 Å². The number of amides is 2. The van der Waals surface area contributed by atoms with Crippen LogP contribution in [0.3, 0.4) is 0 Å². The lowest BCUT2D eigenvalue weighted by Crippen LogP contribution is -2.51. The van der Waals surface area contributed by atoms with E-state index in [0.717, 1.165) is 158 Å². The van der Waals surface area contributed by atoms with Gasteiger partial charge in [-0.3, -0.25) is 39.2 Å². The minimum absolute atomic E-state index is 0.142. The van der Waals surface area contributed by atoms with Crippen LogP contribution < -0.4 is 9.47 Å². The van der Waals surface area contributed by atoms with Crippen molar-refractivity contribution in [3.63, 3.8) is 0 Å². The van der Waals surface area contributed by atoms with Gasteiger partial charge in [-0.2, -0.15) is 0 Å². The van der Waals surface area contributed by atoms with E-state index in [-0.39, 0.29) is 11.8 Å². The number of aliphatic hydroxyl groups excluding tert-OH is 1. The zero-order chi connectivity index (χ0) is 49.0. The SMILES string of the molecule is C=C/C(=C\O)CN1CCN(C(=O)C2CCN(Cc3ccncc3)CC2)CC1.O=C(C1CCN(Cc2ccncc2)CC1)N1CCN(Cc2ccc(OCc3ccccc3)c(OCc3ccccc3)c2)CC1. The number of carbonyl (C=O) groups is 2. The summed E-state index contributed by atoms with van der Waals surface area (Å²) < 4.78 is 12.5. The fourth-order valence-electron chi connectivity index (χ4n) is 9.97. The van der Waals surface area contributed by atoms with Crippen molar-refractivity contribution in [2.45, 2.75) is 58.5 Å². The van der Waals surface area contributed by atoms with Crippen molar-refractivity contribution >= 4 is 11.8 Å². The van der Waals surface area contributed by atoms with E-state index >= 15 is 0 Å². The molecule has 71 heavy (non-hydrogen) atoms. The molecule has 4 aliphatic heterocycles. The Labute approximate surface area is 421 Å². The van der Waals surface area contributed by atoms with E-state index in [1.807, 2.05) is 72.2 Å². The van der Waals surface area contributed by atoms with Crippen molar-refractivity contribution in [2.75, 3.05) is 85.1 Å². The van der Waals surface area contributed by atoms with Crippen molar-refractivity contribution < 1.29 is 24.2 Å². The van der Waals surface area contributed by atoms with Gasteiger partial charge in [0.1, 0.15) is 13.2 Å². The average molecular weight is 961 g/mol. The minimum Gasteiger partial charge on any atom is -0.515 e. The number of hydrogen-bond acceptors (Lipinski definition) is 11. The molecule has 13 heteroatoms. The third-order valence-corrected chi connectivity index (χ3v) is 14.3. The Hall–Kier alpha value is -6.38. The molecule has 2 aromatic heterocycles. The monoisotopic (exact) mass is 961 g/mol. The smallest absolute Gasteiger partial charge is 0.225 e. The molecular weight excluding hydrogens is 889 g/mol. The first-order valence-corrected chi connectivity index (χ1v) is 25.6. The largest absolute Gasteiger partial charge is 0.515 e. The second-order valence-electron chi connectivity index (χ2n) is 19.3. The van der Waals surface area contributed by atoms with Gasteiger partial charge in [0.25, 0.3) is 0 Å². The molecule has 3 aromatic carbocycles. The van der Waals surface area contributed by atoms with Gasteiger partial charge in [-0.25, -0.2) is 0 Å². The normalized spacial score (nSPS) is 18.1. The third-order valence-electron chi connectivity index (χ3n) is 14.3. The molecule has 0 unspecified atom stereocenters. The molecule has 5 aromatic rings. The molecule has 6 heterocycles.